The van der Waals surface area contributed by atoms with Crippen LogP contribution in [0.1, 0.15) is 11.2 Å². The average Bonchev–Trinajstić information content (AvgIpc) is 1.41. The van der Waals surface area contributed by atoms with Gasteiger partial charge >= 0.3 is 0 Å². The summed E-state index contributed by atoms with van der Waals surface area (Å²) in [5, 5.41) is 7.42. The van der Waals surface area contributed by atoms with Gasteiger partial charge in [0.15, 0.2) is 0 Å². The number of hydrogen-bond acceptors (Lipinski definition) is 1. The Morgan fingerprint density at radius 2 is 1.50 bits per heavy atom. The third-order valence-corrected chi connectivity index (χ3v) is 0. The molecule has 0 amide bonds. The van der Waals surface area contributed by atoms with Gasteiger partial charge in [0.05, 0.1) is 0 Å². The van der Waals surface area contributed by atoms with Gasteiger partial charge in [-0.05, 0) is 0 Å². The average molecular weight is 130 g/mol. The molecule has 0 rings (SSSR count). The van der Waals surface area contributed by atoms with Crippen LogP contribution in [0.15, 0.2) is 13.2 Å². The Balaban J connectivity index is -0.00000000432. The van der Waals surface area contributed by atoms with Crippen molar-refractivity contribution in [2.75, 3.05) is 0 Å². The monoisotopic (exact) mass is 130 g/mol. The normalized spacial score (nSPS) is 3.62. The standard InChI is InChI=1S/C2H4O2.C2H4.2H2O.3H2/c1-2(3)4;1-2;;;;;/h1H3,(H,3,4);1-2H2;2*1H2;3*1H. The maximum atomic E-state index is 9.00. The molecule has 0 aromatic carbocycles. The third-order valence-electron chi connectivity index (χ3n) is 0. The maximum Gasteiger partial charge on any atom is 0.300 e. The van der Waals surface area contributed by atoms with E-state index < -0.39 is 5.97 Å². The van der Waals surface area contributed by atoms with Crippen molar-refractivity contribution in [3.05, 3.63) is 13.2 Å². The van der Waals surface area contributed by atoms with E-state index in [4.69, 9.17) is 9.90 Å². The minimum atomic E-state index is -0.833. The first-order valence-electron chi connectivity index (χ1n) is 1.43. The highest BCUT2D eigenvalue weighted by atomic mass is 16.4. The summed E-state index contributed by atoms with van der Waals surface area (Å²) in [7, 11) is 0. The number of hydrogen-bond donors (Lipinski definition) is 1. The van der Waals surface area contributed by atoms with E-state index in [1.165, 1.54) is 0 Å². The molecule has 4 heteroatoms. The SMILES string of the molecule is C=C.CC(=O)O.O.O.[HH].[HH].[HH]. The molecule has 4 nitrogen and oxygen atoms in total. The van der Waals surface area contributed by atoms with Crippen LogP contribution < -0.4 is 0 Å². The quantitative estimate of drug-likeness (QED) is 0.466. The largest absolute Gasteiger partial charge is 0.481 e. The Bertz CT molecular complexity index is 48.6. The van der Waals surface area contributed by atoms with Crippen molar-refractivity contribution in [2.24, 2.45) is 0 Å². The van der Waals surface area contributed by atoms with Crippen molar-refractivity contribution >= 4 is 5.97 Å². The van der Waals surface area contributed by atoms with Gasteiger partial charge in [0.1, 0.15) is 0 Å². The van der Waals surface area contributed by atoms with Crippen molar-refractivity contribution < 1.29 is 25.1 Å². The van der Waals surface area contributed by atoms with Crippen molar-refractivity contribution in [3.63, 3.8) is 0 Å². The van der Waals surface area contributed by atoms with Crippen LogP contribution in [-0.2, 0) is 4.79 Å². The number of carboxylic acid groups (broad SMARTS) is 1. The van der Waals surface area contributed by atoms with Crippen LogP contribution >= 0.6 is 0 Å². The highest BCUT2D eigenvalue weighted by Gasteiger charge is 1.65. The van der Waals surface area contributed by atoms with Gasteiger partial charge in [0, 0.05) is 11.2 Å². The summed E-state index contributed by atoms with van der Waals surface area (Å²) in [4.78, 5) is 9.00. The smallest absolute Gasteiger partial charge is 0.300 e. The molecule has 0 fully saturated rings. The highest BCUT2D eigenvalue weighted by Crippen LogP contribution is 1.42. The van der Waals surface area contributed by atoms with Crippen molar-refractivity contribution in [1.29, 1.82) is 0 Å². The van der Waals surface area contributed by atoms with Gasteiger partial charge in [-0.2, -0.15) is 0 Å². The number of carboxylic acids is 1. The van der Waals surface area contributed by atoms with Crippen molar-refractivity contribution in [2.45, 2.75) is 6.92 Å². The lowest BCUT2D eigenvalue weighted by atomic mass is 10.9. The van der Waals surface area contributed by atoms with Gasteiger partial charge in [-0.3, -0.25) is 4.79 Å². The predicted octanol–water partition coefficient (Wildman–Crippen LogP) is -0.0183. The zero-order chi connectivity index (χ0) is 5.58. The summed E-state index contributed by atoms with van der Waals surface area (Å²) >= 11 is 0. The van der Waals surface area contributed by atoms with Crippen LogP contribution in [0.5, 0.6) is 0 Å². The molecule has 0 saturated carbocycles. The molecule has 0 radical (unpaired) electrons. The lowest BCUT2D eigenvalue weighted by Gasteiger charge is -1.59. The van der Waals surface area contributed by atoms with Gasteiger partial charge in [0.25, 0.3) is 5.97 Å². The first-order valence-corrected chi connectivity index (χ1v) is 1.43. The number of rotatable bonds is 0. The summed E-state index contributed by atoms with van der Waals surface area (Å²) in [6.07, 6.45) is 0. The molecule has 0 aromatic heterocycles. The maximum absolute atomic E-state index is 9.00. The van der Waals surface area contributed by atoms with E-state index in [1.54, 1.807) is 0 Å². The molecular formula is C4H18O4. The minimum Gasteiger partial charge on any atom is -0.481 e. The second kappa shape index (κ2) is 35.6. The second-order valence-electron chi connectivity index (χ2n) is 0.519. The Hall–Kier alpha value is -0.870. The third kappa shape index (κ3) is 116. The molecule has 0 heterocycles. The molecule has 0 bridgehead atoms. The Morgan fingerprint density at radius 1 is 1.50 bits per heavy atom. The molecule has 5 N–H and O–H groups in total. The zero-order valence-corrected chi connectivity index (χ0v) is 4.77. The van der Waals surface area contributed by atoms with Gasteiger partial charge in [-0.1, -0.05) is 0 Å². The van der Waals surface area contributed by atoms with E-state index in [2.05, 4.69) is 13.2 Å². The van der Waals surface area contributed by atoms with Crippen LogP contribution in [0.2, 0.25) is 0 Å². The summed E-state index contributed by atoms with van der Waals surface area (Å²) in [6, 6.07) is 0. The Morgan fingerprint density at radius 3 is 1.50 bits per heavy atom. The molecule has 0 spiro atoms. The Labute approximate surface area is 52.5 Å². The molecular weight excluding hydrogens is 112 g/mol. The minimum absolute atomic E-state index is 0. The van der Waals surface area contributed by atoms with Crippen molar-refractivity contribution in [1.82, 2.24) is 0 Å². The first-order chi connectivity index (χ1) is 2.73. The highest BCUT2D eigenvalue weighted by molar-refractivity contribution is 5.62. The summed E-state index contributed by atoms with van der Waals surface area (Å²) in [6.45, 7) is 7.08. The van der Waals surface area contributed by atoms with Gasteiger partial charge in [-0.15, -0.1) is 13.2 Å². The lowest BCUT2D eigenvalue weighted by Crippen LogP contribution is -1.78. The molecule has 0 saturated heterocycles. The molecule has 58 valence electrons. The van der Waals surface area contributed by atoms with Gasteiger partial charge < -0.3 is 16.1 Å². The molecule has 0 aromatic rings. The van der Waals surface area contributed by atoms with Crippen LogP contribution in [0.4, 0.5) is 0 Å². The number of aliphatic carboxylic acids is 1. The predicted molar refractivity (Wildman–Crippen MR) is 38.1 cm³/mol. The van der Waals surface area contributed by atoms with E-state index in [1.807, 2.05) is 0 Å². The summed E-state index contributed by atoms with van der Waals surface area (Å²) < 4.78 is 0. The fraction of sp³-hybridized carbons (Fsp3) is 0.250. The van der Waals surface area contributed by atoms with Crippen LogP contribution in [0, 0.1) is 0 Å². The Kier molecular flexibility index (Phi) is 122. The van der Waals surface area contributed by atoms with E-state index in [-0.39, 0.29) is 15.2 Å². The van der Waals surface area contributed by atoms with E-state index in [0.717, 1.165) is 6.92 Å². The molecule has 8 heavy (non-hydrogen) atoms. The fourth-order valence-corrected chi connectivity index (χ4v) is 0. The molecule has 0 aliphatic carbocycles. The van der Waals surface area contributed by atoms with Gasteiger partial charge in [-0.25, -0.2) is 0 Å². The first kappa shape index (κ1) is 27.3. The van der Waals surface area contributed by atoms with E-state index in [0.29, 0.717) is 0 Å². The van der Waals surface area contributed by atoms with Crippen LogP contribution in [0.25, 0.3) is 0 Å². The van der Waals surface area contributed by atoms with Crippen LogP contribution in [-0.4, -0.2) is 22.0 Å². The molecule has 0 aliphatic heterocycles. The van der Waals surface area contributed by atoms with E-state index in [9.17, 15) is 0 Å². The molecule has 0 unspecified atom stereocenters. The van der Waals surface area contributed by atoms with Gasteiger partial charge in [0.2, 0.25) is 0 Å². The number of carbonyl (C=O) groups is 1. The summed E-state index contributed by atoms with van der Waals surface area (Å²) in [5.41, 5.74) is 0. The van der Waals surface area contributed by atoms with E-state index >= 15 is 0 Å². The topological polar surface area (TPSA) is 100 Å². The lowest BCUT2D eigenvalue weighted by molar-refractivity contribution is -0.134. The zero-order valence-electron chi connectivity index (χ0n) is 4.77. The van der Waals surface area contributed by atoms with Crippen LogP contribution in [0.3, 0.4) is 0 Å². The van der Waals surface area contributed by atoms with Crippen molar-refractivity contribution in [3.8, 4) is 0 Å². The molecule has 0 atom stereocenters. The molecule has 0 aliphatic rings. The second-order valence-corrected chi connectivity index (χ2v) is 0.519. The fourth-order valence-electron chi connectivity index (χ4n) is 0. The summed E-state index contributed by atoms with van der Waals surface area (Å²) in [5.74, 6) is -0.833.